The molecule has 1 unspecified atom stereocenters. The highest BCUT2D eigenvalue weighted by Gasteiger charge is 2.40. The summed E-state index contributed by atoms with van der Waals surface area (Å²) in [4.78, 5) is 39.8. The molecule has 0 radical (unpaired) electrons. The van der Waals surface area contributed by atoms with E-state index in [1.165, 1.54) is 4.90 Å². The van der Waals surface area contributed by atoms with Crippen molar-refractivity contribution < 1.29 is 33.7 Å². The monoisotopic (exact) mass is 764 g/mol. The zero-order valence-electron chi connectivity index (χ0n) is 29.8. The fourth-order valence-corrected chi connectivity index (χ4v) is 8.57. The molecule has 5 aromatic rings. The summed E-state index contributed by atoms with van der Waals surface area (Å²) in [6.45, 7) is 4.16. The lowest BCUT2D eigenvalue weighted by Crippen LogP contribution is -2.41. The normalized spacial score (nSPS) is 21.3. The van der Waals surface area contributed by atoms with E-state index in [1.54, 1.807) is 23.1 Å². The predicted octanol–water partition coefficient (Wildman–Crippen LogP) is 7.14. The Morgan fingerprint density at radius 3 is 2.39 bits per heavy atom. The number of alkyl carbamates (subject to hydrolysis) is 1. The number of carbonyl (C=O) groups is 3. The molecule has 7 rings (SSSR count). The van der Waals surface area contributed by atoms with Gasteiger partial charge in [0.1, 0.15) is 17.7 Å². The molecule has 0 bridgehead atoms. The van der Waals surface area contributed by atoms with Crippen LogP contribution in [0.5, 0.6) is 0 Å². The van der Waals surface area contributed by atoms with Gasteiger partial charge in [-0.25, -0.2) is 4.79 Å². The number of aryl methyl sites for hydroxylation is 1. The second kappa shape index (κ2) is 17.0. The fraction of sp³-hybridized carbons (Fsp3) is 0.293. The summed E-state index contributed by atoms with van der Waals surface area (Å²) in [7, 11) is 0. The molecule has 2 aliphatic heterocycles. The third-order valence-electron chi connectivity index (χ3n) is 9.51. The van der Waals surface area contributed by atoms with Crippen LogP contribution < -0.4 is 5.32 Å². The van der Waals surface area contributed by atoms with Crippen molar-refractivity contribution in [1.29, 1.82) is 0 Å². The number of benzene rings is 4. The van der Waals surface area contributed by atoms with Crippen LogP contribution in [-0.4, -0.2) is 56.0 Å². The van der Waals surface area contributed by atoms with Gasteiger partial charge in [0.25, 0.3) is 5.91 Å². The number of aliphatic hydroxyl groups excluding tert-OH is 1. The summed E-state index contributed by atoms with van der Waals surface area (Å²) in [5, 5.41) is 21.5. The molecule has 0 saturated carbocycles. The van der Waals surface area contributed by atoms with Crippen LogP contribution in [0.25, 0.3) is 11.1 Å². The van der Waals surface area contributed by atoms with Gasteiger partial charge in [-0.3, -0.25) is 14.5 Å². The summed E-state index contributed by atoms with van der Waals surface area (Å²) < 4.78 is 19.5. The maximum Gasteiger partial charge on any atom is 0.408 e. The summed E-state index contributed by atoms with van der Waals surface area (Å²) in [5.41, 5.74) is 6.08. The van der Waals surface area contributed by atoms with Crippen LogP contribution in [-0.2, 0) is 43.6 Å². The van der Waals surface area contributed by atoms with Gasteiger partial charge in [-0.05, 0) is 52.4 Å². The number of likely N-dealkylation sites (tertiary alicyclic amines) is 1. The maximum absolute atomic E-state index is 13.2. The topological polar surface area (TPSA) is 140 Å². The number of imide groups is 1. The molecule has 3 amide bonds. The Hall–Kier alpha value is -4.92. The molecule has 0 aliphatic carbocycles. The van der Waals surface area contributed by atoms with Crippen LogP contribution in [0.1, 0.15) is 58.6 Å². The lowest BCUT2D eigenvalue weighted by Gasteiger charge is -2.41. The molecule has 0 spiro atoms. The zero-order chi connectivity index (χ0) is 37.6. The first-order valence-electron chi connectivity index (χ1n) is 17.7. The second-order valence-corrected chi connectivity index (χ2v) is 15.8. The van der Waals surface area contributed by atoms with E-state index in [-0.39, 0.29) is 50.2 Å². The standard InChI is InChI=1S/C41H40N4O7S2/c1-25-35(24-53-41-44-43-26(2)54-41)51-39(52-37(25)30-16-14-27(22-46)15-17-30)33-13-7-12-32(19-33)31-11-6-10-29(18-31)21-45-36(47)20-34(38(45)48)42-40(49)50-23-28-8-4-3-5-9-28/h3-19,25,34-35,37,39,46H,20-24H2,1-2H3,(H,42,49)/t25-,34?,35+,37+,39+/m0/s1. The number of nitrogens with zero attached hydrogens (tertiary/aromatic N) is 3. The van der Waals surface area contributed by atoms with Gasteiger partial charge in [0.05, 0.1) is 31.8 Å². The van der Waals surface area contributed by atoms with Crippen LogP contribution >= 0.6 is 23.1 Å². The first kappa shape index (κ1) is 37.4. The van der Waals surface area contributed by atoms with Gasteiger partial charge >= 0.3 is 6.09 Å². The van der Waals surface area contributed by atoms with Gasteiger partial charge in [-0.15, -0.1) is 10.2 Å². The lowest BCUT2D eigenvalue weighted by molar-refractivity contribution is -0.268. The molecule has 13 heteroatoms. The molecule has 1 aromatic heterocycles. The van der Waals surface area contributed by atoms with Crippen molar-refractivity contribution in [2.75, 3.05) is 5.75 Å². The Morgan fingerprint density at radius 2 is 1.65 bits per heavy atom. The van der Waals surface area contributed by atoms with Crippen molar-refractivity contribution in [3.8, 4) is 11.1 Å². The number of nitrogens with one attached hydrogen (secondary N) is 1. The second-order valence-electron chi connectivity index (χ2n) is 13.3. The minimum atomic E-state index is -0.986. The summed E-state index contributed by atoms with van der Waals surface area (Å²) in [6.07, 6.45) is -1.96. The highest BCUT2D eigenvalue weighted by atomic mass is 32.2. The lowest BCUT2D eigenvalue weighted by atomic mass is 9.91. The van der Waals surface area contributed by atoms with Crippen molar-refractivity contribution in [2.24, 2.45) is 5.92 Å². The van der Waals surface area contributed by atoms with Crippen molar-refractivity contribution in [2.45, 2.75) is 68.9 Å². The molecule has 54 heavy (non-hydrogen) atoms. The molecule has 11 nitrogen and oxygen atoms in total. The maximum atomic E-state index is 13.2. The Labute approximate surface area is 321 Å². The number of thioether (sulfide) groups is 1. The number of hydrogen-bond acceptors (Lipinski definition) is 11. The number of ether oxygens (including phenoxy) is 3. The Bertz CT molecular complexity index is 2090. The average molecular weight is 765 g/mol. The number of rotatable bonds is 12. The Kier molecular flexibility index (Phi) is 11.8. The van der Waals surface area contributed by atoms with Gasteiger partial charge < -0.3 is 24.6 Å². The molecule has 2 saturated heterocycles. The van der Waals surface area contributed by atoms with Crippen LogP contribution in [0.4, 0.5) is 4.79 Å². The molecule has 5 atom stereocenters. The van der Waals surface area contributed by atoms with Gasteiger partial charge in [0.2, 0.25) is 5.91 Å². The summed E-state index contributed by atoms with van der Waals surface area (Å²) in [6, 6.07) is 31.7. The van der Waals surface area contributed by atoms with E-state index < -0.39 is 24.3 Å². The zero-order valence-corrected chi connectivity index (χ0v) is 31.4. The van der Waals surface area contributed by atoms with E-state index in [1.807, 2.05) is 110 Å². The van der Waals surface area contributed by atoms with Crippen molar-refractivity contribution in [1.82, 2.24) is 20.4 Å². The number of aromatic nitrogens is 2. The summed E-state index contributed by atoms with van der Waals surface area (Å²) >= 11 is 3.18. The molecular weight excluding hydrogens is 725 g/mol. The van der Waals surface area contributed by atoms with Crippen molar-refractivity contribution >= 4 is 41.0 Å². The molecule has 3 heterocycles. The smallest absolute Gasteiger partial charge is 0.408 e. The Balaban J connectivity index is 1.05. The molecular formula is C41H40N4O7S2. The first-order valence-corrected chi connectivity index (χ1v) is 19.5. The van der Waals surface area contributed by atoms with Gasteiger partial charge in [-0.1, -0.05) is 121 Å². The van der Waals surface area contributed by atoms with E-state index in [0.717, 1.165) is 48.3 Å². The largest absolute Gasteiger partial charge is 0.445 e. The van der Waals surface area contributed by atoms with Crippen LogP contribution in [0, 0.1) is 12.8 Å². The van der Waals surface area contributed by atoms with E-state index in [0.29, 0.717) is 5.75 Å². The fourth-order valence-electron chi connectivity index (χ4n) is 6.57. The SMILES string of the molecule is Cc1nnc(SC[C@H]2O[C@@H](c3cccc(-c4cccc(CN5C(=O)CC(NC(=O)OCc6ccccc6)C5=O)c4)c3)O[C@@H](c3ccc(CO)cc3)[C@H]2C)s1. The van der Waals surface area contributed by atoms with Crippen LogP contribution in [0.15, 0.2) is 107 Å². The van der Waals surface area contributed by atoms with Gasteiger partial charge in [0.15, 0.2) is 10.6 Å². The molecule has 2 fully saturated rings. The number of aliphatic hydroxyl groups is 1. The Morgan fingerprint density at radius 1 is 0.907 bits per heavy atom. The van der Waals surface area contributed by atoms with Gasteiger partial charge in [-0.2, -0.15) is 0 Å². The van der Waals surface area contributed by atoms with Gasteiger partial charge in [0, 0.05) is 17.2 Å². The third-order valence-corrected chi connectivity index (χ3v) is 11.6. The highest BCUT2D eigenvalue weighted by Crippen LogP contribution is 2.43. The minimum absolute atomic E-state index is 0.0216. The first-order chi connectivity index (χ1) is 26.2. The van der Waals surface area contributed by atoms with Crippen molar-refractivity contribution in [3.63, 3.8) is 0 Å². The molecule has 4 aromatic carbocycles. The average Bonchev–Trinajstić information content (AvgIpc) is 3.74. The number of hydrogen-bond donors (Lipinski definition) is 2. The quantitative estimate of drug-likeness (QED) is 0.0995. The van der Waals surface area contributed by atoms with Crippen LogP contribution in [0.3, 0.4) is 0 Å². The minimum Gasteiger partial charge on any atom is -0.445 e. The van der Waals surface area contributed by atoms with E-state index in [9.17, 15) is 19.5 Å². The number of amides is 3. The molecule has 2 N–H and O–H groups in total. The molecule has 2 aliphatic rings. The molecule has 278 valence electrons. The van der Waals surface area contributed by atoms with Crippen LogP contribution in [0.2, 0.25) is 0 Å². The van der Waals surface area contributed by atoms with E-state index >= 15 is 0 Å². The van der Waals surface area contributed by atoms with Crippen molar-refractivity contribution in [3.05, 3.63) is 136 Å². The van der Waals surface area contributed by atoms with E-state index in [4.69, 9.17) is 14.2 Å². The van der Waals surface area contributed by atoms with E-state index in [2.05, 4.69) is 22.4 Å². The predicted molar refractivity (Wildman–Crippen MR) is 204 cm³/mol. The number of carbonyl (C=O) groups excluding carboxylic acids is 3. The third kappa shape index (κ3) is 8.88. The highest BCUT2D eigenvalue weighted by molar-refractivity contribution is 8.01. The summed E-state index contributed by atoms with van der Waals surface area (Å²) in [5.74, 6) is -0.147.